The molecule has 1 aromatic rings. The number of aliphatic carboxylic acids is 1. The zero-order valence-electron chi connectivity index (χ0n) is 13.8. The predicted octanol–water partition coefficient (Wildman–Crippen LogP) is 1.33. The molecule has 1 aromatic carbocycles. The summed E-state index contributed by atoms with van der Waals surface area (Å²) < 4.78 is 5.53. The van der Waals surface area contributed by atoms with E-state index in [1.165, 1.54) is 6.07 Å². The summed E-state index contributed by atoms with van der Waals surface area (Å²) in [7, 11) is -3.88. The minimum Gasteiger partial charge on any atom is -0.490 e. The number of hydrogen-bond donors (Lipinski definition) is 5. The predicted molar refractivity (Wildman–Crippen MR) is 92.4 cm³/mol. The lowest BCUT2D eigenvalue weighted by atomic mass is 10.0. The number of carboxylic acids is 2. The summed E-state index contributed by atoms with van der Waals surface area (Å²) in [5, 5.41) is 22.6. The van der Waals surface area contributed by atoms with Crippen molar-refractivity contribution < 1.29 is 34.1 Å². The zero-order chi connectivity index (χ0) is 20.0. The summed E-state index contributed by atoms with van der Waals surface area (Å²) in [6.07, 6.45) is -0.405. The molecule has 2 amide bonds. The van der Waals surface area contributed by atoms with Crippen molar-refractivity contribution in [1.82, 2.24) is 0 Å². The van der Waals surface area contributed by atoms with Crippen LogP contribution in [-0.2, 0) is 4.79 Å². The third kappa shape index (κ3) is 2.47. The van der Waals surface area contributed by atoms with E-state index in [-0.39, 0.29) is 11.3 Å². The third-order valence-electron chi connectivity index (χ3n) is 3.78. The van der Waals surface area contributed by atoms with Crippen LogP contribution in [0.1, 0.15) is 29.8 Å². The normalized spacial score (nSPS) is 18.9. The van der Waals surface area contributed by atoms with Crippen LogP contribution in [0.4, 0.5) is 9.59 Å². The second-order valence-corrected chi connectivity index (χ2v) is 8.72. The van der Waals surface area contributed by atoms with Gasteiger partial charge in [0.2, 0.25) is 0 Å². The fourth-order valence-corrected chi connectivity index (χ4v) is 6.02. The number of nitrogens with one attached hydrogen (secondary N) is 1. The van der Waals surface area contributed by atoms with E-state index in [4.69, 9.17) is 21.6 Å². The first-order valence-electron chi connectivity index (χ1n) is 7.27. The van der Waals surface area contributed by atoms with Crippen LogP contribution in [0.5, 0.6) is 5.75 Å². The second-order valence-electron chi connectivity index (χ2n) is 5.72. The number of carboxylic acid groups (broad SMARTS) is 2. The number of carbonyl (C=O) groups is 4. The Balaban J connectivity index is 3.06. The molecule has 0 saturated heterocycles. The Morgan fingerprint density at radius 2 is 1.69 bits per heavy atom. The molecule has 11 heteroatoms. The van der Waals surface area contributed by atoms with Crippen molar-refractivity contribution in [3.8, 4) is 5.75 Å². The number of amides is 2. The van der Waals surface area contributed by atoms with Crippen LogP contribution >= 0.6 is 10.0 Å². The monoisotopic (exact) mass is 383 g/mol. The molecule has 26 heavy (non-hydrogen) atoms. The SMILES string of the molecule is CC(C)Oc1ccc(C(=O)O)c2c1C(=N)C(C(=O)O)S2(C(N)=O)C(N)=O. The molecule has 0 fully saturated rings. The van der Waals surface area contributed by atoms with Gasteiger partial charge in [-0.15, -0.1) is 0 Å². The van der Waals surface area contributed by atoms with Crippen molar-refractivity contribution in [2.75, 3.05) is 0 Å². The van der Waals surface area contributed by atoms with E-state index < -0.39 is 60.0 Å². The largest absolute Gasteiger partial charge is 0.490 e. The maximum atomic E-state index is 12.3. The van der Waals surface area contributed by atoms with Gasteiger partial charge in [0.05, 0.1) is 22.9 Å². The van der Waals surface area contributed by atoms with E-state index in [9.17, 15) is 29.4 Å². The van der Waals surface area contributed by atoms with Crippen LogP contribution in [0.25, 0.3) is 0 Å². The van der Waals surface area contributed by atoms with Crippen LogP contribution in [0.3, 0.4) is 0 Å². The Hall–Kier alpha value is -3.08. The fraction of sp³-hybridized carbons (Fsp3) is 0.267. The van der Waals surface area contributed by atoms with Gasteiger partial charge in [0.25, 0.3) is 10.5 Å². The van der Waals surface area contributed by atoms with Crippen LogP contribution in [0.15, 0.2) is 17.0 Å². The first-order valence-corrected chi connectivity index (χ1v) is 8.97. The van der Waals surface area contributed by atoms with Crippen molar-refractivity contribution in [3.05, 3.63) is 23.3 Å². The molecule has 1 atom stereocenters. The Kier molecular flexibility index (Phi) is 4.69. The molecule has 7 N–H and O–H groups in total. The molecule has 2 rings (SSSR count). The number of rotatable bonds is 4. The quantitative estimate of drug-likeness (QED) is 0.517. The van der Waals surface area contributed by atoms with Gasteiger partial charge >= 0.3 is 11.9 Å². The van der Waals surface area contributed by atoms with Crippen molar-refractivity contribution in [1.29, 1.82) is 5.41 Å². The van der Waals surface area contributed by atoms with Gasteiger partial charge in [0, 0.05) is 4.90 Å². The van der Waals surface area contributed by atoms with Gasteiger partial charge in [-0.1, -0.05) is 0 Å². The number of primary amides is 2. The summed E-state index contributed by atoms with van der Waals surface area (Å²) in [4.78, 5) is 47.5. The molecule has 0 radical (unpaired) electrons. The van der Waals surface area contributed by atoms with E-state index >= 15 is 0 Å². The molecule has 0 aromatic heterocycles. The molecule has 0 aliphatic carbocycles. The topological polar surface area (TPSA) is 194 Å². The average molecular weight is 383 g/mol. The lowest BCUT2D eigenvalue weighted by Crippen LogP contribution is -2.42. The number of aromatic carboxylic acids is 1. The number of fused-ring (bicyclic) bond motifs is 1. The lowest BCUT2D eigenvalue weighted by molar-refractivity contribution is -0.135. The van der Waals surface area contributed by atoms with Gasteiger partial charge in [-0.3, -0.25) is 14.4 Å². The van der Waals surface area contributed by atoms with E-state index in [1.54, 1.807) is 13.8 Å². The van der Waals surface area contributed by atoms with Crippen LogP contribution < -0.4 is 16.2 Å². The Morgan fingerprint density at radius 3 is 2.08 bits per heavy atom. The molecule has 0 spiro atoms. The van der Waals surface area contributed by atoms with Gasteiger partial charge < -0.3 is 31.8 Å². The maximum Gasteiger partial charge on any atom is 0.336 e. The minimum absolute atomic E-state index is 0.0203. The molecular weight excluding hydrogens is 366 g/mol. The minimum atomic E-state index is -3.88. The van der Waals surface area contributed by atoms with Gasteiger partial charge in [0.1, 0.15) is 11.0 Å². The number of carbonyl (C=O) groups excluding carboxylic acids is 2. The highest BCUT2D eigenvalue weighted by atomic mass is 32.3. The summed E-state index contributed by atoms with van der Waals surface area (Å²) in [6.45, 7) is 3.32. The number of nitrogens with two attached hydrogens (primary N) is 2. The van der Waals surface area contributed by atoms with Crippen LogP contribution in [0, 0.1) is 5.41 Å². The molecule has 0 saturated carbocycles. The molecule has 1 aliphatic rings. The van der Waals surface area contributed by atoms with Crippen molar-refractivity contribution in [2.24, 2.45) is 11.5 Å². The number of benzene rings is 1. The van der Waals surface area contributed by atoms with Crippen molar-refractivity contribution in [2.45, 2.75) is 30.1 Å². The highest BCUT2D eigenvalue weighted by Gasteiger charge is 2.60. The summed E-state index contributed by atoms with van der Waals surface area (Å²) >= 11 is 0. The van der Waals surface area contributed by atoms with Crippen molar-refractivity contribution >= 4 is 38.2 Å². The smallest absolute Gasteiger partial charge is 0.336 e. The zero-order valence-corrected chi connectivity index (χ0v) is 14.6. The highest BCUT2D eigenvalue weighted by molar-refractivity contribution is 8.57. The first kappa shape index (κ1) is 19.2. The van der Waals surface area contributed by atoms with Crippen LogP contribution in [0.2, 0.25) is 0 Å². The van der Waals surface area contributed by atoms with E-state index in [0.29, 0.717) is 0 Å². The van der Waals surface area contributed by atoms with Crippen LogP contribution in [-0.4, -0.2) is 49.7 Å². The molecule has 1 unspecified atom stereocenters. The summed E-state index contributed by atoms with van der Waals surface area (Å²) in [5.74, 6) is -3.21. The Bertz CT molecular complexity index is 851. The summed E-state index contributed by atoms with van der Waals surface area (Å²) in [5.41, 5.74) is 9.33. The molecule has 1 aliphatic heterocycles. The average Bonchev–Trinajstić information content (AvgIpc) is 2.78. The Morgan fingerprint density at radius 1 is 1.15 bits per heavy atom. The number of hydrogen-bond acceptors (Lipinski definition) is 6. The van der Waals surface area contributed by atoms with Crippen molar-refractivity contribution in [3.63, 3.8) is 0 Å². The molecule has 0 bridgehead atoms. The first-order chi connectivity index (χ1) is 12.0. The van der Waals surface area contributed by atoms with Gasteiger partial charge in [-0.05, 0) is 36.0 Å². The summed E-state index contributed by atoms with van der Waals surface area (Å²) in [6, 6.07) is 2.32. The van der Waals surface area contributed by atoms with Gasteiger partial charge in [0.15, 0.2) is 0 Å². The molecule has 1 heterocycles. The second kappa shape index (κ2) is 6.33. The van der Waals surface area contributed by atoms with E-state index in [0.717, 1.165) is 6.07 Å². The third-order valence-corrected chi connectivity index (χ3v) is 7.26. The molecule has 10 nitrogen and oxygen atoms in total. The van der Waals surface area contributed by atoms with Gasteiger partial charge in [-0.2, -0.15) is 0 Å². The lowest BCUT2D eigenvalue weighted by Gasteiger charge is -2.33. The Labute approximate surface area is 148 Å². The fourth-order valence-electron chi connectivity index (χ4n) is 2.91. The number of ether oxygens (including phenoxy) is 1. The highest BCUT2D eigenvalue weighted by Crippen LogP contribution is 2.68. The molecular formula is C15H17N3O7S. The van der Waals surface area contributed by atoms with E-state index in [2.05, 4.69) is 0 Å². The maximum absolute atomic E-state index is 12.3. The van der Waals surface area contributed by atoms with Gasteiger partial charge in [-0.25, -0.2) is 4.79 Å². The molecule has 140 valence electrons. The standard InChI is InChI=1S/C15H17N3O7S/c1-5(2)25-7-4-3-6(12(19)20)10-8(7)9(16)11(13(21)22)26(10,14(17)23)15(18)24/h3-5,11,16H,1-2H3,(H2,17,23)(H2,18,24)(H,19,20)(H,21,22). The van der Waals surface area contributed by atoms with E-state index in [1.807, 2.05) is 0 Å².